The first-order valence-electron chi connectivity index (χ1n) is 15.5. The standard InChI is InChI=1S/C41H39N3/c1-2-3-11-31-12-10-17-40(30-31)44-39-28-22-34(23-29-39)41(32-18-24-37(25-19-32)42-35-13-6-4-7-14-35)33-20-26-38(27-21-33)43-36-15-8-5-9-16-36/h4-10,12-30,41-44H,2-3,11H2,1H3. The van der Waals surface area contributed by atoms with Crippen LogP contribution in [0.5, 0.6) is 0 Å². The second-order valence-corrected chi connectivity index (χ2v) is 11.2. The fourth-order valence-corrected chi connectivity index (χ4v) is 5.58. The predicted octanol–water partition coefficient (Wildman–Crippen LogP) is 11.4. The highest BCUT2D eigenvalue weighted by molar-refractivity contribution is 5.64. The number of rotatable bonds is 12. The second-order valence-electron chi connectivity index (χ2n) is 11.2. The summed E-state index contributed by atoms with van der Waals surface area (Å²) < 4.78 is 0. The molecular formula is C41H39N3. The molecular weight excluding hydrogens is 534 g/mol. The van der Waals surface area contributed by atoms with Crippen LogP contribution in [0.1, 0.15) is 47.9 Å². The zero-order valence-corrected chi connectivity index (χ0v) is 25.2. The highest BCUT2D eigenvalue weighted by Gasteiger charge is 2.17. The molecule has 0 aliphatic heterocycles. The van der Waals surface area contributed by atoms with E-state index in [1.54, 1.807) is 0 Å². The molecule has 0 saturated heterocycles. The van der Waals surface area contributed by atoms with E-state index in [9.17, 15) is 0 Å². The van der Waals surface area contributed by atoms with E-state index < -0.39 is 0 Å². The first-order valence-corrected chi connectivity index (χ1v) is 15.5. The summed E-state index contributed by atoms with van der Waals surface area (Å²) in [6, 6.07) is 55.9. The Bertz CT molecular complexity index is 1640. The molecule has 218 valence electrons. The van der Waals surface area contributed by atoms with Crippen molar-refractivity contribution in [1.82, 2.24) is 0 Å². The summed E-state index contributed by atoms with van der Waals surface area (Å²) in [6.07, 6.45) is 3.54. The molecule has 6 rings (SSSR count). The fraction of sp³-hybridized carbons (Fsp3) is 0.122. The average Bonchev–Trinajstić information content (AvgIpc) is 3.07. The number of para-hydroxylation sites is 2. The van der Waals surface area contributed by atoms with Crippen LogP contribution < -0.4 is 16.0 Å². The van der Waals surface area contributed by atoms with E-state index in [0.29, 0.717) is 0 Å². The number of hydrogen-bond donors (Lipinski definition) is 3. The minimum atomic E-state index is 0.0953. The van der Waals surface area contributed by atoms with E-state index in [-0.39, 0.29) is 5.92 Å². The van der Waals surface area contributed by atoms with Gasteiger partial charge < -0.3 is 16.0 Å². The molecule has 0 amide bonds. The van der Waals surface area contributed by atoms with Gasteiger partial charge in [0.1, 0.15) is 0 Å². The van der Waals surface area contributed by atoms with E-state index in [2.05, 4.69) is 144 Å². The maximum Gasteiger partial charge on any atom is 0.0386 e. The molecule has 0 radical (unpaired) electrons. The average molecular weight is 574 g/mol. The molecule has 0 aliphatic carbocycles. The second kappa shape index (κ2) is 14.3. The molecule has 0 unspecified atom stereocenters. The van der Waals surface area contributed by atoms with Crippen LogP contribution in [0.2, 0.25) is 0 Å². The van der Waals surface area contributed by atoms with Gasteiger partial charge in [0.2, 0.25) is 0 Å². The number of benzene rings is 6. The number of nitrogens with one attached hydrogen (secondary N) is 3. The number of hydrogen-bond acceptors (Lipinski definition) is 3. The van der Waals surface area contributed by atoms with E-state index >= 15 is 0 Å². The quantitative estimate of drug-likeness (QED) is 0.127. The molecule has 0 aliphatic rings. The number of anilines is 6. The van der Waals surface area contributed by atoms with Gasteiger partial charge in [0.15, 0.2) is 0 Å². The highest BCUT2D eigenvalue weighted by atomic mass is 14.9. The van der Waals surface area contributed by atoms with Crippen molar-refractivity contribution in [3.63, 3.8) is 0 Å². The minimum Gasteiger partial charge on any atom is -0.356 e. The topological polar surface area (TPSA) is 36.1 Å². The molecule has 0 bridgehead atoms. The smallest absolute Gasteiger partial charge is 0.0386 e. The zero-order valence-electron chi connectivity index (χ0n) is 25.2. The molecule has 44 heavy (non-hydrogen) atoms. The first-order chi connectivity index (χ1) is 21.7. The third kappa shape index (κ3) is 7.56. The van der Waals surface area contributed by atoms with Crippen molar-refractivity contribution in [2.24, 2.45) is 0 Å². The molecule has 3 nitrogen and oxygen atoms in total. The maximum atomic E-state index is 3.61. The number of unbranched alkanes of at least 4 members (excludes halogenated alkanes) is 1. The molecule has 3 N–H and O–H groups in total. The van der Waals surface area contributed by atoms with Crippen LogP contribution in [0.3, 0.4) is 0 Å². The fourth-order valence-electron chi connectivity index (χ4n) is 5.58. The van der Waals surface area contributed by atoms with Gasteiger partial charge in [-0.15, -0.1) is 0 Å². The Kier molecular flexibility index (Phi) is 9.34. The zero-order chi connectivity index (χ0) is 30.0. The lowest BCUT2D eigenvalue weighted by atomic mass is 9.85. The molecule has 0 atom stereocenters. The van der Waals surface area contributed by atoms with Crippen molar-refractivity contribution in [1.29, 1.82) is 0 Å². The normalized spacial score (nSPS) is 10.9. The van der Waals surface area contributed by atoms with Gasteiger partial charge in [-0.1, -0.05) is 98.3 Å². The van der Waals surface area contributed by atoms with Gasteiger partial charge in [0.25, 0.3) is 0 Å². The Labute approximate surface area is 261 Å². The van der Waals surface area contributed by atoms with E-state index in [1.165, 1.54) is 35.1 Å². The summed E-state index contributed by atoms with van der Waals surface area (Å²) in [6.45, 7) is 2.24. The Morgan fingerprint density at radius 1 is 0.409 bits per heavy atom. The van der Waals surface area contributed by atoms with Crippen molar-refractivity contribution in [2.45, 2.75) is 32.1 Å². The van der Waals surface area contributed by atoms with Crippen LogP contribution in [0.4, 0.5) is 34.1 Å². The van der Waals surface area contributed by atoms with Crippen molar-refractivity contribution in [2.75, 3.05) is 16.0 Å². The molecule has 0 spiro atoms. The Morgan fingerprint density at radius 3 is 1.23 bits per heavy atom. The van der Waals surface area contributed by atoms with Crippen LogP contribution in [0, 0.1) is 0 Å². The lowest BCUT2D eigenvalue weighted by Crippen LogP contribution is -2.04. The van der Waals surface area contributed by atoms with Crippen LogP contribution in [0.25, 0.3) is 0 Å². The van der Waals surface area contributed by atoms with E-state index in [1.807, 2.05) is 36.4 Å². The summed E-state index contributed by atoms with van der Waals surface area (Å²) in [5, 5.41) is 10.6. The molecule has 0 fully saturated rings. The molecule has 0 aromatic heterocycles. The summed E-state index contributed by atoms with van der Waals surface area (Å²) >= 11 is 0. The summed E-state index contributed by atoms with van der Waals surface area (Å²) in [5.41, 5.74) is 11.6. The molecule has 6 aromatic carbocycles. The van der Waals surface area contributed by atoms with Gasteiger partial charge in [-0.3, -0.25) is 0 Å². The van der Waals surface area contributed by atoms with E-state index in [4.69, 9.17) is 0 Å². The predicted molar refractivity (Wildman–Crippen MR) is 188 cm³/mol. The van der Waals surface area contributed by atoms with Gasteiger partial charge in [-0.05, 0) is 108 Å². The summed E-state index contributed by atoms with van der Waals surface area (Å²) in [4.78, 5) is 0. The van der Waals surface area contributed by atoms with Gasteiger partial charge in [0, 0.05) is 40.0 Å². The van der Waals surface area contributed by atoms with Crippen molar-refractivity contribution >= 4 is 34.1 Å². The van der Waals surface area contributed by atoms with Crippen molar-refractivity contribution < 1.29 is 0 Å². The van der Waals surface area contributed by atoms with Gasteiger partial charge in [0.05, 0.1) is 0 Å². The van der Waals surface area contributed by atoms with Crippen LogP contribution in [0.15, 0.2) is 158 Å². The minimum absolute atomic E-state index is 0.0953. The first kappa shape index (κ1) is 28.8. The Morgan fingerprint density at radius 2 is 0.795 bits per heavy atom. The highest BCUT2D eigenvalue weighted by Crippen LogP contribution is 2.35. The molecule has 0 heterocycles. The van der Waals surface area contributed by atoms with Crippen LogP contribution >= 0.6 is 0 Å². The van der Waals surface area contributed by atoms with Crippen molar-refractivity contribution in [3.05, 3.63) is 180 Å². The van der Waals surface area contributed by atoms with Gasteiger partial charge in [-0.25, -0.2) is 0 Å². The van der Waals surface area contributed by atoms with Gasteiger partial charge >= 0.3 is 0 Å². The van der Waals surface area contributed by atoms with Crippen LogP contribution in [-0.2, 0) is 6.42 Å². The van der Waals surface area contributed by atoms with Gasteiger partial charge in [-0.2, -0.15) is 0 Å². The van der Waals surface area contributed by atoms with Crippen LogP contribution in [-0.4, -0.2) is 0 Å². The summed E-state index contributed by atoms with van der Waals surface area (Å²) in [7, 11) is 0. The lowest BCUT2D eigenvalue weighted by molar-refractivity contribution is 0.795. The monoisotopic (exact) mass is 573 g/mol. The maximum absolute atomic E-state index is 3.61. The Hall–Kier alpha value is -5.28. The Balaban J connectivity index is 1.26. The molecule has 3 heteroatoms. The van der Waals surface area contributed by atoms with Crippen molar-refractivity contribution in [3.8, 4) is 0 Å². The van der Waals surface area contributed by atoms with E-state index in [0.717, 1.165) is 40.5 Å². The SMILES string of the molecule is CCCCc1cccc(Nc2ccc(C(c3ccc(Nc4ccccc4)cc3)c3ccc(Nc4ccccc4)cc3)cc2)c1. The lowest BCUT2D eigenvalue weighted by Gasteiger charge is -2.21. The third-order valence-electron chi connectivity index (χ3n) is 7.89. The summed E-state index contributed by atoms with van der Waals surface area (Å²) in [5.74, 6) is 0.0953. The largest absolute Gasteiger partial charge is 0.356 e. The number of aryl methyl sites for hydroxylation is 1. The molecule has 0 saturated carbocycles. The molecule has 6 aromatic rings. The third-order valence-corrected chi connectivity index (χ3v) is 7.89.